The van der Waals surface area contributed by atoms with Gasteiger partial charge in [0.1, 0.15) is 0 Å². The minimum Gasteiger partial charge on any atom is -0.271 e. The summed E-state index contributed by atoms with van der Waals surface area (Å²) in [6.07, 6.45) is 2.06. The number of nitrogens with two attached hydrogens (primary N) is 1. The third kappa shape index (κ3) is 2.94. The maximum Gasteiger partial charge on any atom is 0.0814 e. The maximum absolute atomic E-state index is 5.47. The number of aryl methyl sites for hydroxylation is 1. The normalized spacial score (nSPS) is 12.3. The summed E-state index contributed by atoms with van der Waals surface area (Å²) in [6, 6.07) is 5.93. The molecular weight excluding hydrogens is 174 g/mol. The average molecular weight is 191 g/mol. The van der Waals surface area contributed by atoms with E-state index in [1.807, 2.05) is 39.0 Å². The molecule has 0 saturated heterocycles. The van der Waals surface area contributed by atoms with Crippen LogP contribution in [0.25, 0.3) is 0 Å². The fraction of sp³-hybridized carbons (Fsp3) is 0.364. The van der Waals surface area contributed by atoms with Crippen LogP contribution in [-0.2, 0) is 0 Å². The highest BCUT2D eigenvalue weighted by Crippen LogP contribution is 2.12. The quantitative estimate of drug-likeness (QED) is 0.435. The van der Waals surface area contributed by atoms with Gasteiger partial charge in [0.2, 0.25) is 0 Å². The largest absolute Gasteiger partial charge is 0.271 e. The number of allylic oxidation sites excluding steroid dienone is 1. The molecular formula is C11H17N3. The highest BCUT2D eigenvalue weighted by molar-refractivity contribution is 5.18. The van der Waals surface area contributed by atoms with Gasteiger partial charge in [-0.2, -0.15) is 0 Å². The molecule has 76 valence electrons. The zero-order valence-electron chi connectivity index (χ0n) is 8.91. The lowest BCUT2D eigenvalue weighted by molar-refractivity contribution is 0.633. The molecule has 1 atom stereocenters. The van der Waals surface area contributed by atoms with E-state index in [9.17, 15) is 0 Å². The van der Waals surface area contributed by atoms with Gasteiger partial charge in [0, 0.05) is 5.69 Å². The maximum atomic E-state index is 5.47. The van der Waals surface area contributed by atoms with Gasteiger partial charge in [-0.15, -0.1) is 0 Å². The van der Waals surface area contributed by atoms with Crippen LogP contribution in [0.5, 0.6) is 0 Å². The van der Waals surface area contributed by atoms with E-state index >= 15 is 0 Å². The van der Waals surface area contributed by atoms with Gasteiger partial charge in [0.05, 0.1) is 11.7 Å². The summed E-state index contributed by atoms with van der Waals surface area (Å²) in [4.78, 5) is 4.41. The van der Waals surface area contributed by atoms with Gasteiger partial charge in [0.25, 0.3) is 0 Å². The van der Waals surface area contributed by atoms with Crippen molar-refractivity contribution in [3.63, 3.8) is 0 Å². The Balaban J connectivity index is 2.95. The molecule has 0 aliphatic heterocycles. The number of rotatable bonds is 3. The predicted octanol–water partition coefficient (Wildman–Crippen LogP) is 1.86. The van der Waals surface area contributed by atoms with Crippen LogP contribution in [0, 0.1) is 6.92 Å². The molecule has 3 heteroatoms. The van der Waals surface area contributed by atoms with Gasteiger partial charge >= 0.3 is 0 Å². The van der Waals surface area contributed by atoms with Crippen LogP contribution in [0.3, 0.4) is 0 Å². The van der Waals surface area contributed by atoms with E-state index in [2.05, 4.69) is 16.5 Å². The number of nitrogens with one attached hydrogen (secondary N) is 1. The van der Waals surface area contributed by atoms with Crippen LogP contribution in [0.4, 0.5) is 0 Å². The Bertz CT molecular complexity index is 327. The summed E-state index contributed by atoms with van der Waals surface area (Å²) in [7, 11) is 0. The fourth-order valence-corrected chi connectivity index (χ4v) is 1.29. The van der Waals surface area contributed by atoms with Crippen molar-refractivity contribution in [2.24, 2.45) is 5.84 Å². The molecule has 0 bridgehead atoms. The van der Waals surface area contributed by atoms with Crippen molar-refractivity contribution in [2.45, 2.75) is 26.8 Å². The first-order chi connectivity index (χ1) is 6.63. The molecule has 0 radical (unpaired) electrons. The molecule has 1 unspecified atom stereocenters. The van der Waals surface area contributed by atoms with Gasteiger partial charge in [-0.05, 0) is 32.9 Å². The molecule has 3 nitrogen and oxygen atoms in total. The Labute approximate surface area is 85.0 Å². The molecule has 0 saturated carbocycles. The van der Waals surface area contributed by atoms with Crippen LogP contribution < -0.4 is 11.3 Å². The molecule has 1 heterocycles. The van der Waals surface area contributed by atoms with E-state index in [0.29, 0.717) is 0 Å². The molecule has 0 aromatic carbocycles. The zero-order valence-corrected chi connectivity index (χ0v) is 8.91. The third-order valence-corrected chi connectivity index (χ3v) is 1.91. The molecule has 14 heavy (non-hydrogen) atoms. The van der Waals surface area contributed by atoms with Crippen LogP contribution >= 0.6 is 0 Å². The molecule has 1 aromatic heterocycles. The van der Waals surface area contributed by atoms with Crippen LogP contribution in [0.1, 0.15) is 31.3 Å². The van der Waals surface area contributed by atoms with Gasteiger partial charge in [-0.3, -0.25) is 10.8 Å². The van der Waals surface area contributed by atoms with E-state index in [-0.39, 0.29) is 6.04 Å². The fourth-order valence-electron chi connectivity index (χ4n) is 1.29. The Morgan fingerprint density at radius 1 is 1.50 bits per heavy atom. The summed E-state index contributed by atoms with van der Waals surface area (Å²) < 4.78 is 0. The summed E-state index contributed by atoms with van der Waals surface area (Å²) >= 11 is 0. The first-order valence-corrected chi connectivity index (χ1v) is 4.68. The number of hydrogen-bond donors (Lipinski definition) is 2. The van der Waals surface area contributed by atoms with E-state index in [1.165, 1.54) is 5.57 Å². The molecule has 1 rings (SSSR count). The lowest BCUT2D eigenvalue weighted by Crippen LogP contribution is -2.27. The first kappa shape index (κ1) is 10.9. The van der Waals surface area contributed by atoms with Crippen molar-refractivity contribution in [3.05, 3.63) is 41.2 Å². The average Bonchev–Trinajstić information content (AvgIpc) is 2.14. The third-order valence-electron chi connectivity index (χ3n) is 1.91. The Kier molecular flexibility index (Phi) is 3.80. The molecule has 0 spiro atoms. The Morgan fingerprint density at radius 3 is 2.71 bits per heavy atom. The van der Waals surface area contributed by atoms with Crippen LogP contribution in [0.15, 0.2) is 29.8 Å². The number of hydrogen-bond acceptors (Lipinski definition) is 3. The van der Waals surface area contributed by atoms with Crippen molar-refractivity contribution < 1.29 is 0 Å². The minimum absolute atomic E-state index is 0.0000926. The van der Waals surface area contributed by atoms with Crippen molar-refractivity contribution in [1.82, 2.24) is 10.4 Å². The molecule has 0 aliphatic rings. The predicted molar refractivity (Wildman–Crippen MR) is 58.5 cm³/mol. The highest BCUT2D eigenvalue weighted by atomic mass is 15.2. The topological polar surface area (TPSA) is 50.9 Å². The van der Waals surface area contributed by atoms with Crippen molar-refractivity contribution in [1.29, 1.82) is 0 Å². The number of pyridine rings is 1. The summed E-state index contributed by atoms with van der Waals surface area (Å²) in [6.45, 7) is 6.06. The second-order valence-corrected chi connectivity index (χ2v) is 3.59. The lowest BCUT2D eigenvalue weighted by atomic mass is 10.1. The Hall–Kier alpha value is -1.19. The van der Waals surface area contributed by atoms with Gasteiger partial charge < -0.3 is 0 Å². The second kappa shape index (κ2) is 4.88. The molecule has 3 N–H and O–H groups in total. The standard InChI is InChI=1S/C11H17N3/c1-8(2)7-11(14-12)10-6-4-5-9(3)13-10/h4-7,11,14H,12H2,1-3H3. The van der Waals surface area contributed by atoms with Gasteiger partial charge in [-0.1, -0.05) is 17.7 Å². The second-order valence-electron chi connectivity index (χ2n) is 3.59. The van der Waals surface area contributed by atoms with E-state index in [1.54, 1.807) is 0 Å². The van der Waals surface area contributed by atoms with Gasteiger partial charge in [0.15, 0.2) is 0 Å². The summed E-state index contributed by atoms with van der Waals surface area (Å²) in [5.74, 6) is 5.47. The van der Waals surface area contributed by atoms with Crippen molar-refractivity contribution in [3.8, 4) is 0 Å². The molecule has 0 aliphatic carbocycles. The highest BCUT2D eigenvalue weighted by Gasteiger charge is 2.06. The monoisotopic (exact) mass is 191 g/mol. The first-order valence-electron chi connectivity index (χ1n) is 4.68. The van der Waals surface area contributed by atoms with Crippen LogP contribution in [0.2, 0.25) is 0 Å². The van der Waals surface area contributed by atoms with E-state index in [4.69, 9.17) is 5.84 Å². The Morgan fingerprint density at radius 2 is 2.21 bits per heavy atom. The van der Waals surface area contributed by atoms with Crippen molar-refractivity contribution in [2.75, 3.05) is 0 Å². The number of aromatic nitrogens is 1. The molecule has 0 fully saturated rings. The lowest BCUT2D eigenvalue weighted by Gasteiger charge is -2.12. The molecule has 0 amide bonds. The smallest absolute Gasteiger partial charge is 0.0814 e. The molecule has 1 aromatic rings. The number of hydrazine groups is 1. The van der Waals surface area contributed by atoms with Gasteiger partial charge in [-0.25, -0.2) is 5.43 Å². The van der Waals surface area contributed by atoms with Crippen LogP contribution in [-0.4, -0.2) is 4.98 Å². The SMILES string of the molecule is CC(C)=CC(NN)c1cccc(C)n1. The van der Waals surface area contributed by atoms with E-state index in [0.717, 1.165) is 11.4 Å². The van der Waals surface area contributed by atoms with E-state index < -0.39 is 0 Å². The minimum atomic E-state index is -0.0000926. The summed E-state index contributed by atoms with van der Waals surface area (Å²) in [5.41, 5.74) is 5.91. The van der Waals surface area contributed by atoms with Crippen molar-refractivity contribution >= 4 is 0 Å². The summed E-state index contributed by atoms with van der Waals surface area (Å²) in [5, 5.41) is 0. The zero-order chi connectivity index (χ0) is 10.6. The number of nitrogens with zero attached hydrogens (tertiary/aromatic N) is 1.